The van der Waals surface area contributed by atoms with Crippen molar-refractivity contribution in [1.29, 1.82) is 0 Å². The molecule has 3 nitrogen and oxygen atoms in total. The molecule has 1 aliphatic heterocycles. The Labute approximate surface area is 149 Å². The zero-order valence-electron chi connectivity index (χ0n) is 13.8. The predicted octanol–water partition coefficient (Wildman–Crippen LogP) is 4.35. The van der Waals surface area contributed by atoms with E-state index in [-0.39, 0.29) is 11.3 Å². The lowest BCUT2D eigenvalue weighted by molar-refractivity contribution is -0.138. The molecule has 0 saturated carbocycles. The van der Waals surface area contributed by atoms with E-state index >= 15 is 0 Å². The summed E-state index contributed by atoms with van der Waals surface area (Å²) in [5.74, 6) is -0.0978. The van der Waals surface area contributed by atoms with Crippen molar-refractivity contribution < 1.29 is 18.0 Å². The van der Waals surface area contributed by atoms with E-state index in [2.05, 4.69) is 5.32 Å². The molecule has 0 bridgehead atoms. The molecule has 1 heterocycles. The van der Waals surface area contributed by atoms with Crippen LogP contribution in [-0.4, -0.2) is 22.3 Å². The second-order valence-electron chi connectivity index (χ2n) is 6.26. The van der Waals surface area contributed by atoms with Crippen LogP contribution in [0.2, 0.25) is 0 Å². The van der Waals surface area contributed by atoms with Gasteiger partial charge in [-0.3, -0.25) is 4.79 Å². The molecule has 1 aromatic carbocycles. The van der Waals surface area contributed by atoms with Crippen molar-refractivity contribution in [1.82, 2.24) is 10.2 Å². The fourth-order valence-corrected chi connectivity index (χ4v) is 3.87. The molecule has 1 atom stereocenters. The summed E-state index contributed by atoms with van der Waals surface area (Å²) < 4.78 is 40.3. The molecule has 2 aliphatic rings. The maximum atomic E-state index is 13.4. The number of hydrogen-bond acceptors (Lipinski definition) is 2. The molecular weight excluding hydrogens is 349 g/mol. The summed E-state index contributed by atoms with van der Waals surface area (Å²) in [6, 6.07) is 4.54. The third-order valence-electron chi connectivity index (χ3n) is 4.58. The maximum Gasteiger partial charge on any atom is 0.416 e. The molecule has 1 N–H and O–H groups in total. The SMILES string of the molecule is CCCN1C(=S)NC(c2ccccc2C(F)(F)F)C2=C1CCCC2=O. The van der Waals surface area contributed by atoms with E-state index in [4.69, 9.17) is 12.2 Å². The normalized spacial score (nSPS) is 21.3. The number of hydrogen-bond donors (Lipinski definition) is 1. The largest absolute Gasteiger partial charge is 0.416 e. The van der Waals surface area contributed by atoms with E-state index in [9.17, 15) is 18.0 Å². The quantitative estimate of drug-likeness (QED) is 0.804. The van der Waals surface area contributed by atoms with Crippen LogP contribution in [0.5, 0.6) is 0 Å². The summed E-state index contributed by atoms with van der Waals surface area (Å²) in [7, 11) is 0. The van der Waals surface area contributed by atoms with Crippen LogP contribution in [0.25, 0.3) is 0 Å². The van der Waals surface area contributed by atoms with E-state index < -0.39 is 17.8 Å². The van der Waals surface area contributed by atoms with Gasteiger partial charge in [-0.05, 0) is 43.1 Å². The van der Waals surface area contributed by atoms with Crippen molar-refractivity contribution >= 4 is 23.1 Å². The van der Waals surface area contributed by atoms with Gasteiger partial charge in [-0.25, -0.2) is 0 Å². The maximum absolute atomic E-state index is 13.4. The number of nitrogens with zero attached hydrogens (tertiary/aromatic N) is 1. The Balaban J connectivity index is 2.16. The minimum absolute atomic E-state index is 0.0521. The minimum atomic E-state index is -4.49. The van der Waals surface area contributed by atoms with E-state index in [0.29, 0.717) is 36.5 Å². The van der Waals surface area contributed by atoms with Crippen LogP contribution in [0.3, 0.4) is 0 Å². The Hall–Kier alpha value is -1.89. The van der Waals surface area contributed by atoms with Gasteiger partial charge in [-0.1, -0.05) is 25.1 Å². The molecule has 1 unspecified atom stereocenters. The van der Waals surface area contributed by atoms with Crippen LogP contribution in [0, 0.1) is 0 Å². The van der Waals surface area contributed by atoms with E-state index in [0.717, 1.165) is 18.2 Å². The summed E-state index contributed by atoms with van der Waals surface area (Å²) in [5.41, 5.74) is 0.537. The lowest BCUT2D eigenvalue weighted by Crippen LogP contribution is -2.49. The first-order valence-corrected chi connectivity index (χ1v) is 8.75. The fourth-order valence-electron chi connectivity index (χ4n) is 3.55. The van der Waals surface area contributed by atoms with Gasteiger partial charge in [-0.2, -0.15) is 13.2 Å². The van der Waals surface area contributed by atoms with Crippen molar-refractivity contribution in [3.05, 3.63) is 46.7 Å². The number of halogens is 3. The molecule has 134 valence electrons. The van der Waals surface area contributed by atoms with Crippen LogP contribution >= 0.6 is 12.2 Å². The number of thiocarbonyl (C=S) groups is 1. The van der Waals surface area contributed by atoms with Gasteiger partial charge in [-0.15, -0.1) is 0 Å². The minimum Gasteiger partial charge on any atom is -0.351 e. The van der Waals surface area contributed by atoms with Crippen LogP contribution in [0.1, 0.15) is 49.8 Å². The van der Waals surface area contributed by atoms with Gasteiger partial charge in [0.05, 0.1) is 11.6 Å². The van der Waals surface area contributed by atoms with Crippen LogP contribution in [0.15, 0.2) is 35.5 Å². The number of Topliss-reactive ketones (excluding diaryl/α,β-unsaturated/α-hetero) is 1. The molecule has 0 radical (unpaired) electrons. The smallest absolute Gasteiger partial charge is 0.351 e. The molecule has 7 heteroatoms. The molecule has 1 aliphatic carbocycles. The molecule has 0 spiro atoms. The van der Waals surface area contributed by atoms with Gasteiger partial charge >= 0.3 is 6.18 Å². The average Bonchev–Trinajstić information content (AvgIpc) is 2.56. The summed E-state index contributed by atoms with van der Waals surface area (Å²) in [4.78, 5) is 14.5. The number of nitrogens with one attached hydrogen (secondary N) is 1. The van der Waals surface area contributed by atoms with Gasteiger partial charge in [0.15, 0.2) is 10.9 Å². The Kier molecular flexibility index (Phi) is 4.86. The second-order valence-corrected chi connectivity index (χ2v) is 6.64. The topological polar surface area (TPSA) is 32.3 Å². The first-order chi connectivity index (χ1) is 11.8. The molecule has 25 heavy (non-hydrogen) atoms. The molecule has 0 amide bonds. The number of carbonyl (C=O) groups is 1. The first kappa shape index (κ1) is 17.9. The van der Waals surface area contributed by atoms with Crippen molar-refractivity contribution in [3.63, 3.8) is 0 Å². The average molecular weight is 368 g/mol. The number of alkyl halides is 3. The monoisotopic (exact) mass is 368 g/mol. The summed E-state index contributed by atoms with van der Waals surface area (Å²) in [5, 5.41) is 3.37. The highest BCUT2D eigenvalue weighted by molar-refractivity contribution is 7.80. The zero-order chi connectivity index (χ0) is 18.2. The molecule has 0 saturated heterocycles. The van der Waals surface area contributed by atoms with Crippen molar-refractivity contribution in [2.24, 2.45) is 0 Å². The van der Waals surface area contributed by atoms with Crippen molar-refractivity contribution in [2.45, 2.75) is 44.8 Å². The van der Waals surface area contributed by atoms with Gasteiger partial charge in [0.1, 0.15) is 0 Å². The third kappa shape index (κ3) is 3.29. The summed E-state index contributed by atoms with van der Waals surface area (Å²) >= 11 is 5.40. The number of benzene rings is 1. The van der Waals surface area contributed by atoms with Crippen LogP contribution < -0.4 is 5.32 Å². The van der Waals surface area contributed by atoms with Crippen molar-refractivity contribution in [3.8, 4) is 0 Å². The Morgan fingerprint density at radius 2 is 2.00 bits per heavy atom. The first-order valence-electron chi connectivity index (χ1n) is 8.35. The highest BCUT2D eigenvalue weighted by atomic mass is 32.1. The van der Waals surface area contributed by atoms with Gasteiger partial charge in [0.2, 0.25) is 0 Å². The summed E-state index contributed by atoms with van der Waals surface area (Å²) in [6.45, 7) is 2.64. The molecule has 0 aromatic heterocycles. The van der Waals surface area contributed by atoms with Crippen LogP contribution in [-0.2, 0) is 11.0 Å². The number of rotatable bonds is 3. The third-order valence-corrected chi connectivity index (χ3v) is 4.92. The number of carbonyl (C=O) groups excluding carboxylic acids is 1. The Bertz CT molecular complexity index is 742. The molecular formula is C18H19F3N2OS. The van der Waals surface area contributed by atoms with Crippen molar-refractivity contribution in [2.75, 3.05) is 6.54 Å². The fraction of sp³-hybridized carbons (Fsp3) is 0.444. The van der Waals surface area contributed by atoms with Gasteiger partial charge in [0, 0.05) is 24.2 Å². The highest BCUT2D eigenvalue weighted by Gasteiger charge is 2.41. The zero-order valence-corrected chi connectivity index (χ0v) is 14.6. The lowest BCUT2D eigenvalue weighted by Gasteiger charge is -2.41. The Morgan fingerprint density at radius 3 is 2.68 bits per heavy atom. The molecule has 0 fully saturated rings. The van der Waals surface area contributed by atoms with E-state index in [1.165, 1.54) is 12.1 Å². The van der Waals surface area contributed by atoms with Gasteiger partial charge in [0.25, 0.3) is 0 Å². The number of ketones is 1. The molecule has 3 rings (SSSR count). The number of allylic oxidation sites excluding steroid dienone is 1. The molecule has 1 aromatic rings. The van der Waals surface area contributed by atoms with Gasteiger partial charge < -0.3 is 10.2 Å². The Morgan fingerprint density at radius 1 is 1.28 bits per heavy atom. The summed E-state index contributed by atoms with van der Waals surface area (Å²) in [6.07, 6.45) is -1.94. The highest BCUT2D eigenvalue weighted by Crippen LogP contribution is 2.41. The second kappa shape index (κ2) is 6.78. The van der Waals surface area contributed by atoms with E-state index in [1.807, 2.05) is 11.8 Å². The predicted molar refractivity (Wildman–Crippen MR) is 92.8 cm³/mol. The van der Waals surface area contributed by atoms with E-state index in [1.54, 1.807) is 6.07 Å². The lowest BCUT2D eigenvalue weighted by atomic mass is 9.83. The standard InChI is InChI=1S/C18H19F3N2OS/c1-2-10-23-13-8-5-9-14(24)15(13)16(22-17(23)25)11-6-3-4-7-12(11)18(19,20)21/h3-4,6-7,16H,2,5,8-10H2,1H3,(H,22,25). The van der Waals surface area contributed by atoms with Crippen LogP contribution in [0.4, 0.5) is 13.2 Å².